The van der Waals surface area contributed by atoms with Crippen LogP contribution in [0.25, 0.3) is 10.9 Å². The van der Waals surface area contributed by atoms with E-state index in [1.54, 1.807) is 14.2 Å². The number of rotatable bonds is 10. The molecule has 0 aliphatic carbocycles. The lowest BCUT2D eigenvalue weighted by Crippen LogP contribution is -2.22. The molecular formula is C29H33N3O3. The van der Waals surface area contributed by atoms with Crippen LogP contribution in [0.5, 0.6) is 17.4 Å². The number of nitrogens with one attached hydrogen (secondary N) is 1. The number of aromatic amines is 1. The first-order valence-electron chi connectivity index (χ1n) is 12.0. The minimum absolute atomic E-state index is 0.0898. The van der Waals surface area contributed by atoms with E-state index in [2.05, 4.69) is 53.2 Å². The molecule has 6 nitrogen and oxygen atoms in total. The average Bonchev–Trinajstić information content (AvgIpc) is 3.21. The van der Waals surface area contributed by atoms with Crippen molar-refractivity contribution in [1.82, 2.24) is 9.88 Å². The molecule has 0 aliphatic rings. The number of H-pyrrole nitrogens is 1. The first kappa shape index (κ1) is 24.4. The van der Waals surface area contributed by atoms with Gasteiger partial charge in [0.25, 0.3) is 0 Å². The molecule has 0 aliphatic heterocycles. The highest BCUT2D eigenvalue weighted by molar-refractivity contribution is 6.14. The molecule has 182 valence electrons. The maximum absolute atomic E-state index is 10.7. The fourth-order valence-electron chi connectivity index (χ4n) is 4.32. The normalized spacial score (nSPS) is 11.9. The number of aliphatic imine (C=N–C) groups is 1. The molecule has 1 aromatic heterocycles. The molecule has 1 heterocycles. The number of hydrogen-bond donors (Lipinski definition) is 2. The standard InChI is InChI=1S/C29H33N3O3/c1-5-24(28-23-16-26(34-3)27(35-4)17-25(23)31-29(28)33)30-22-14-12-21(13-15-22)19-32(6-2)18-20-10-8-7-9-11-20/h7-17,31,33H,5-6,18-19H2,1-4H3. The Labute approximate surface area is 206 Å². The minimum Gasteiger partial charge on any atom is -0.494 e. The Morgan fingerprint density at radius 3 is 2.11 bits per heavy atom. The fraction of sp³-hybridized carbons (Fsp3) is 0.276. The van der Waals surface area contributed by atoms with Gasteiger partial charge >= 0.3 is 0 Å². The maximum Gasteiger partial charge on any atom is 0.198 e. The second kappa shape index (κ2) is 11.1. The topological polar surface area (TPSA) is 70.1 Å². The molecular weight excluding hydrogens is 438 g/mol. The summed E-state index contributed by atoms with van der Waals surface area (Å²) in [6.45, 7) is 7.00. The molecule has 4 aromatic rings. The molecule has 2 N–H and O–H groups in total. The van der Waals surface area contributed by atoms with Gasteiger partial charge in [0.2, 0.25) is 0 Å². The van der Waals surface area contributed by atoms with Gasteiger partial charge in [-0.3, -0.25) is 9.89 Å². The van der Waals surface area contributed by atoms with E-state index in [4.69, 9.17) is 14.5 Å². The summed E-state index contributed by atoms with van der Waals surface area (Å²) >= 11 is 0. The second-order valence-corrected chi connectivity index (χ2v) is 8.47. The van der Waals surface area contributed by atoms with Crippen molar-refractivity contribution in [3.63, 3.8) is 0 Å². The molecule has 0 atom stereocenters. The van der Waals surface area contributed by atoms with Crippen LogP contribution in [0.3, 0.4) is 0 Å². The smallest absolute Gasteiger partial charge is 0.198 e. The van der Waals surface area contributed by atoms with E-state index >= 15 is 0 Å². The lowest BCUT2D eigenvalue weighted by Gasteiger charge is -2.20. The summed E-state index contributed by atoms with van der Waals surface area (Å²) in [5.41, 5.74) is 5.67. The third-order valence-corrected chi connectivity index (χ3v) is 6.21. The van der Waals surface area contributed by atoms with Crippen LogP contribution in [0.2, 0.25) is 0 Å². The largest absolute Gasteiger partial charge is 0.494 e. The van der Waals surface area contributed by atoms with E-state index in [1.807, 2.05) is 37.3 Å². The third-order valence-electron chi connectivity index (χ3n) is 6.21. The molecule has 0 saturated carbocycles. The highest BCUT2D eigenvalue weighted by Gasteiger charge is 2.18. The van der Waals surface area contributed by atoms with Crippen LogP contribution in [0.4, 0.5) is 5.69 Å². The number of benzene rings is 3. The van der Waals surface area contributed by atoms with Crippen molar-refractivity contribution in [2.24, 2.45) is 4.99 Å². The first-order chi connectivity index (χ1) is 17.1. The van der Waals surface area contributed by atoms with E-state index in [9.17, 15) is 5.11 Å². The Hall–Kier alpha value is -3.77. The molecule has 0 amide bonds. The summed E-state index contributed by atoms with van der Waals surface area (Å²) in [5.74, 6) is 1.30. The van der Waals surface area contributed by atoms with E-state index < -0.39 is 0 Å². The Morgan fingerprint density at radius 1 is 0.886 bits per heavy atom. The molecule has 4 rings (SSSR count). The van der Waals surface area contributed by atoms with Gasteiger partial charge in [0, 0.05) is 24.5 Å². The highest BCUT2D eigenvalue weighted by Crippen LogP contribution is 2.37. The molecule has 0 radical (unpaired) electrons. The molecule has 0 saturated heterocycles. The lowest BCUT2D eigenvalue weighted by atomic mass is 10.1. The lowest BCUT2D eigenvalue weighted by molar-refractivity contribution is 0.271. The Kier molecular flexibility index (Phi) is 7.73. The van der Waals surface area contributed by atoms with Gasteiger partial charge in [0.1, 0.15) is 0 Å². The maximum atomic E-state index is 10.7. The van der Waals surface area contributed by atoms with E-state index in [-0.39, 0.29) is 5.88 Å². The van der Waals surface area contributed by atoms with Crippen molar-refractivity contribution in [2.45, 2.75) is 33.4 Å². The number of ether oxygens (including phenoxy) is 2. The van der Waals surface area contributed by atoms with Crippen molar-refractivity contribution in [3.05, 3.63) is 83.4 Å². The summed E-state index contributed by atoms with van der Waals surface area (Å²) in [7, 11) is 3.20. The number of hydrogen-bond acceptors (Lipinski definition) is 5. The number of fused-ring (bicyclic) bond motifs is 1. The predicted molar refractivity (Wildman–Crippen MR) is 142 cm³/mol. The molecule has 0 spiro atoms. The van der Waals surface area contributed by atoms with Crippen LogP contribution in [-0.4, -0.2) is 41.5 Å². The Balaban J connectivity index is 1.58. The van der Waals surface area contributed by atoms with Crippen molar-refractivity contribution in [2.75, 3.05) is 20.8 Å². The molecule has 0 unspecified atom stereocenters. The monoisotopic (exact) mass is 471 g/mol. The van der Waals surface area contributed by atoms with Gasteiger partial charge in [0.05, 0.1) is 36.7 Å². The van der Waals surface area contributed by atoms with Crippen LogP contribution >= 0.6 is 0 Å². The molecule has 0 bridgehead atoms. The zero-order valence-corrected chi connectivity index (χ0v) is 20.8. The van der Waals surface area contributed by atoms with Crippen LogP contribution in [0, 0.1) is 0 Å². The van der Waals surface area contributed by atoms with Crippen LogP contribution < -0.4 is 9.47 Å². The molecule has 6 heteroatoms. The predicted octanol–water partition coefficient (Wildman–Crippen LogP) is 6.44. The highest BCUT2D eigenvalue weighted by atomic mass is 16.5. The quantitative estimate of drug-likeness (QED) is 0.261. The number of nitrogens with zero attached hydrogens (tertiary/aromatic N) is 2. The van der Waals surface area contributed by atoms with E-state index in [0.29, 0.717) is 23.5 Å². The number of aromatic nitrogens is 1. The van der Waals surface area contributed by atoms with Crippen molar-refractivity contribution in [3.8, 4) is 17.4 Å². The van der Waals surface area contributed by atoms with Crippen molar-refractivity contribution >= 4 is 22.3 Å². The van der Waals surface area contributed by atoms with E-state index in [1.165, 1.54) is 11.1 Å². The molecule has 35 heavy (non-hydrogen) atoms. The molecule has 0 fully saturated rings. The number of methoxy groups -OCH3 is 2. The zero-order valence-electron chi connectivity index (χ0n) is 20.8. The van der Waals surface area contributed by atoms with Gasteiger partial charge in [-0.15, -0.1) is 0 Å². The van der Waals surface area contributed by atoms with Crippen LogP contribution in [0.1, 0.15) is 37.0 Å². The average molecular weight is 472 g/mol. The van der Waals surface area contributed by atoms with Crippen LogP contribution in [-0.2, 0) is 13.1 Å². The van der Waals surface area contributed by atoms with Gasteiger partial charge in [-0.25, -0.2) is 0 Å². The van der Waals surface area contributed by atoms with Gasteiger partial charge < -0.3 is 19.6 Å². The van der Waals surface area contributed by atoms with Crippen molar-refractivity contribution < 1.29 is 14.6 Å². The van der Waals surface area contributed by atoms with Crippen molar-refractivity contribution in [1.29, 1.82) is 0 Å². The fourth-order valence-corrected chi connectivity index (χ4v) is 4.32. The van der Waals surface area contributed by atoms with Gasteiger partial charge in [0.15, 0.2) is 17.4 Å². The van der Waals surface area contributed by atoms with Gasteiger partial charge in [-0.1, -0.05) is 56.3 Å². The summed E-state index contributed by atoms with van der Waals surface area (Å²) in [4.78, 5) is 10.3. The summed E-state index contributed by atoms with van der Waals surface area (Å²) in [6.07, 6.45) is 0.664. The molecule has 3 aromatic carbocycles. The van der Waals surface area contributed by atoms with Crippen LogP contribution in [0.15, 0.2) is 71.7 Å². The van der Waals surface area contributed by atoms with E-state index in [0.717, 1.165) is 41.9 Å². The SMILES string of the molecule is CCC(=Nc1ccc(CN(CC)Cc2ccccc2)cc1)c1c(O)[nH]c2cc(OC)c(OC)cc12. The zero-order chi connectivity index (χ0) is 24.8. The second-order valence-electron chi connectivity index (χ2n) is 8.47. The Morgan fingerprint density at radius 2 is 1.51 bits per heavy atom. The number of aromatic hydroxyl groups is 1. The first-order valence-corrected chi connectivity index (χ1v) is 12.0. The summed E-state index contributed by atoms with van der Waals surface area (Å²) < 4.78 is 10.9. The Bertz CT molecular complexity index is 1290. The summed E-state index contributed by atoms with van der Waals surface area (Å²) in [6, 6.07) is 22.6. The van der Waals surface area contributed by atoms with Gasteiger partial charge in [-0.2, -0.15) is 0 Å². The van der Waals surface area contributed by atoms with Gasteiger partial charge in [-0.05, 0) is 42.3 Å². The summed E-state index contributed by atoms with van der Waals surface area (Å²) in [5, 5.41) is 11.6. The minimum atomic E-state index is 0.0898. The third kappa shape index (κ3) is 5.49.